The molecule has 1 N–H and O–H groups in total. The molecule has 2 aromatic rings. The number of carbonyl (C=O) groups excluding carboxylic acids is 1. The summed E-state index contributed by atoms with van der Waals surface area (Å²) < 4.78 is 27.6. The first-order valence-electron chi connectivity index (χ1n) is 10.7. The molecule has 1 amide bonds. The fourth-order valence-electron chi connectivity index (χ4n) is 3.78. The Balaban J connectivity index is 1.74. The number of amides is 1. The average molecular weight is 430 g/mol. The number of hydrogen-bond donors (Lipinski definition) is 1. The Labute approximate surface area is 179 Å². The Morgan fingerprint density at radius 3 is 2.20 bits per heavy atom. The van der Waals surface area contributed by atoms with Crippen LogP contribution >= 0.6 is 0 Å². The Hall–Kier alpha value is -2.38. The summed E-state index contributed by atoms with van der Waals surface area (Å²) in [5, 5.41) is 2.86. The normalized spacial score (nSPS) is 15.4. The van der Waals surface area contributed by atoms with E-state index in [-0.39, 0.29) is 10.8 Å². The van der Waals surface area contributed by atoms with Gasteiger partial charge in [0, 0.05) is 43.1 Å². The van der Waals surface area contributed by atoms with Crippen molar-refractivity contribution in [3.63, 3.8) is 0 Å². The van der Waals surface area contributed by atoms with Crippen LogP contribution in [0.3, 0.4) is 0 Å². The molecule has 0 aromatic heterocycles. The van der Waals surface area contributed by atoms with Gasteiger partial charge in [-0.25, -0.2) is 8.42 Å². The van der Waals surface area contributed by atoms with Crippen LogP contribution in [0.15, 0.2) is 53.4 Å². The van der Waals surface area contributed by atoms with E-state index >= 15 is 0 Å². The highest BCUT2D eigenvalue weighted by atomic mass is 32.2. The Kier molecular flexibility index (Phi) is 7.50. The molecule has 0 atom stereocenters. The van der Waals surface area contributed by atoms with Crippen LogP contribution in [-0.4, -0.2) is 44.8 Å². The first-order chi connectivity index (χ1) is 14.5. The molecule has 0 radical (unpaired) electrons. The highest BCUT2D eigenvalue weighted by Gasteiger charge is 2.25. The fourth-order valence-corrected chi connectivity index (χ4v) is 5.34. The summed E-state index contributed by atoms with van der Waals surface area (Å²) in [5.41, 5.74) is 2.11. The molecule has 1 heterocycles. The van der Waals surface area contributed by atoms with Gasteiger partial charge in [0.1, 0.15) is 0 Å². The lowest BCUT2D eigenvalue weighted by Crippen LogP contribution is -2.32. The molecule has 1 aliphatic rings. The molecular formula is C23H31N3O3S. The van der Waals surface area contributed by atoms with E-state index in [9.17, 15) is 13.2 Å². The zero-order valence-corrected chi connectivity index (χ0v) is 18.6. The predicted molar refractivity (Wildman–Crippen MR) is 122 cm³/mol. The van der Waals surface area contributed by atoms with Crippen molar-refractivity contribution in [2.45, 2.75) is 44.4 Å². The summed E-state index contributed by atoms with van der Waals surface area (Å²) in [7, 11) is -3.59. The van der Waals surface area contributed by atoms with Gasteiger partial charge < -0.3 is 10.2 Å². The molecule has 2 aromatic carbocycles. The maximum Gasteiger partial charge on any atom is 0.255 e. The number of rotatable bonds is 7. The van der Waals surface area contributed by atoms with Crippen molar-refractivity contribution in [3.05, 3.63) is 54.1 Å². The molecule has 7 heteroatoms. The highest BCUT2D eigenvalue weighted by Crippen LogP contribution is 2.22. The van der Waals surface area contributed by atoms with Crippen molar-refractivity contribution < 1.29 is 13.2 Å². The second-order valence-electron chi connectivity index (χ2n) is 7.52. The van der Waals surface area contributed by atoms with Gasteiger partial charge in [-0.1, -0.05) is 18.9 Å². The van der Waals surface area contributed by atoms with Gasteiger partial charge >= 0.3 is 0 Å². The second kappa shape index (κ2) is 10.1. The van der Waals surface area contributed by atoms with E-state index in [4.69, 9.17) is 0 Å². The first-order valence-corrected chi connectivity index (χ1v) is 12.2. The molecule has 0 spiro atoms. The summed E-state index contributed by atoms with van der Waals surface area (Å²) in [6, 6.07) is 14.0. The minimum absolute atomic E-state index is 0.175. The van der Waals surface area contributed by atoms with Gasteiger partial charge in [0.25, 0.3) is 5.91 Å². The summed E-state index contributed by atoms with van der Waals surface area (Å²) in [6.45, 7) is 7.12. The lowest BCUT2D eigenvalue weighted by Gasteiger charge is -2.21. The number of hydrogen-bond acceptors (Lipinski definition) is 4. The van der Waals surface area contributed by atoms with Crippen LogP contribution < -0.4 is 10.2 Å². The van der Waals surface area contributed by atoms with Gasteiger partial charge in [0.15, 0.2) is 0 Å². The van der Waals surface area contributed by atoms with Gasteiger partial charge in [-0.15, -0.1) is 0 Å². The molecule has 1 fully saturated rings. The van der Waals surface area contributed by atoms with Crippen LogP contribution in [0.5, 0.6) is 0 Å². The number of sulfonamides is 1. The topological polar surface area (TPSA) is 69.7 Å². The van der Waals surface area contributed by atoms with Gasteiger partial charge in [0.2, 0.25) is 10.0 Å². The van der Waals surface area contributed by atoms with E-state index in [1.54, 1.807) is 22.5 Å². The zero-order valence-electron chi connectivity index (χ0n) is 17.8. The van der Waals surface area contributed by atoms with E-state index in [2.05, 4.69) is 24.1 Å². The monoisotopic (exact) mass is 429 g/mol. The van der Waals surface area contributed by atoms with Crippen LogP contribution in [-0.2, 0) is 10.0 Å². The number of carbonyl (C=O) groups is 1. The summed E-state index contributed by atoms with van der Waals surface area (Å²) in [4.78, 5) is 15.1. The number of benzene rings is 2. The van der Waals surface area contributed by atoms with Gasteiger partial charge in [-0.2, -0.15) is 4.31 Å². The summed E-state index contributed by atoms with van der Waals surface area (Å²) in [5.74, 6) is -0.321. The molecule has 3 rings (SSSR count). The largest absolute Gasteiger partial charge is 0.372 e. The van der Waals surface area contributed by atoms with Crippen molar-refractivity contribution in [1.29, 1.82) is 0 Å². The smallest absolute Gasteiger partial charge is 0.255 e. The van der Waals surface area contributed by atoms with Crippen molar-refractivity contribution in [3.8, 4) is 0 Å². The zero-order chi connectivity index (χ0) is 21.6. The van der Waals surface area contributed by atoms with Gasteiger partial charge in [0.05, 0.1) is 4.90 Å². The SMILES string of the molecule is CCN(CC)c1ccc(NC(=O)c2cccc(S(=O)(=O)N3CCCCCC3)c2)cc1. The molecule has 1 aliphatic heterocycles. The Morgan fingerprint density at radius 1 is 0.967 bits per heavy atom. The van der Waals surface area contributed by atoms with Gasteiger partial charge in [-0.3, -0.25) is 4.79 Å². The standard InChI is InChI=1S/C23H31N3O3S/c1-3-25(4-2)21-14-12-20(13-15-21)24-23(27)19-10-9-11-22(18-19)30(28,29)26-16-7-5-6-8-17-26/h9-15,18H,3-8,16-17H2,1-2H3,(H,24,27). The molecule has 162 valence electrons. The van der Waals surface area contributed by atoms with E-state index in [1.165, 1.54) is 6.07 Å². The van der Waals surface area contributed by atoms with Crippen LogP contribution in [0.25, 0.3) is 0 Å². The minimum Gasteiger partial charge on any atom is -0.372 e. The molecular weight excluding hydrogens is 398 g/mol. The Morgan fingerprint density at radius 2 is 1.60 bits per heavy atom. The summed E-state index contributed by atoms with van der Waals surface area (Å²) in [6.07, 6.45) is 3.87. The van der Waals surface area contributed by atoms with E-state index in [0.29, 0.717) is 24.3 Å². The molecule has 6 nitrogen and oxygen atoms in total. The first kappa shape index (κ1) is 22.3. The third kappa shape index (κ3) is 5.21. The van der Waals surface area contributed by atoms with Crippen LogP contribution in [0, 0.1) is 0 Å². The maximum absolute atomic E-state index is 13.0. The van der Waals surface area contributed by atoms with E-state index in [1.807, 2.05) is 24.3 Å². The average Bonchev–Trinajstić information content (AvgIpc) is 3.06. The van der Waals surface area contributed by atoms with Crippen molar-refractivity contribution in [2.75, 3.05) is 36.4 Å². The quantitative estimate of drug-likeness (QED) is 0.710. The third-order valence-corrected chi connectivity index (χ3v) is 7.45. The van der Waals surface area contributed by atoms with Crippen molar-refractivity contribution in [2.24, 2.45) is 0 Å². The number of anilines is 2. The lowest BCUT2D eigenvalue weighted by atomic mass is 10.2. The van der Waals surface area contributed by atoms with Gasteiger partial charge in [-0.05, 0) is 69.2 Å². The maximum atomic E-state index is 13.0. The lowest BCUT2D eigenvalue weighted by molar-refractivity contribution is 0.102. The van der Waals surface area contributed by atoms with Crippen LogP contribution in [0.1, 0.15) is 49.9 Å². The van der Waals surface area contributed by atoms with E-state index < -0.39 is 10.0 Å². The predicted octanol–water partition coefficient (Wildman–Crippen LogP) is 4.35. The molecule has 0 bridgehead atoms. The number of nitrogens with zero attached hydrogens (tertiary/aromatic N) is 2. The molecule has 30 heavy (non-hydrogen) atoms. The third-order valence-electron chi connectivity index (χ3n) is 5.55. The van der Waals surface area contributed by atoms with Crippen molar-refractivity contribution >= 4 is 27.3 Å². The fraction of sp³-hybridized carbons (Fsp3) is 0.435. The van der Waals surface area contributed by atoms with Crippen LogP contribution in [0.4, 0.5) is 11.4 Å². The van der Waals surface area contributed by atoms with Crippen molar-refractivity contribution in [1.82, 2.24) is 4.31 Å². The molecule has 1 saturated heterocycles. The summed E-state index contributed by atoms with van der Waals surface area (Å²) >= 11 is 0. The molecule has 0 aliphatic carbocycles. The Bertz CT molecular complexity index is 946. The molecule has 0 saturated carbocycles. The molecule has 0 unspecified atom stereocenters. The number of nitrogens with one attached hydrogen (secondary N) is 1. The van der Waals surface area contributed by atoms with E-state index in [0.717, 1.165) is 44.5 Å². The second-order valence-corrected chi connectivity index (χ2v) is 9.46. The highest BCUT2D eigenvalue weighted by molar-refractivity contribution is 7.89. The minimum atomic E-state index is -3.59. The van der Waals surface area contributed by atoms with Crippen LogP contribution in [0.2, 0.25) is 0 Å².